The average Bonchev–Trinajstić information content (AvgIpc) is 3.34. The maximum absolute atomic E-state index is 13.5. The molecule has 0 spiro atoms. The first kappa shape index (κ1) is 19.8. The van der Waals surface area contributed by atoms with Gasteiger partial charge in [0.15, 0.2) is 5.76 Å². The van der Waals surface area contributed by atoms with E-state index in [-0.39, 0.29) is 18.2 Å². The number of aromatic nitrogens is 2. The largest absolute Gasteiger partial charge is 0.451 e. The fourth-order valence-corrected chi connectivity index (χ4v) is 3.43. The number of hydrogen-bond acceptors (Lipinski definition) is 4. The van der Waals surface area contributed by atoms with Crippen LogP contribution in [0.5, 0.6) is 0 Å². The van der Waals surface area contributed by atoms with Crippen molar-refractivity contribution in [3.05, 3.63) is 89.5 Å². The number of hydrogen-bond donors (Lipinski definition) is 1. The third-order valence-corrected chi connectivity index (χ3v) is 4.95. The Hall–Kier alpha value is -3.45. The summed E-state index contributed by atoms with van der Waals surface area (Å²) >= 11 is 0. The van der Waals surface area contributed by atoms with Crippen LogP contribution in [0.15, 0.2) is 65.3 Å². The number of furan rings is 1. The molecule has 0 radical (unpaired) electrons. The number of amides is 1. The molecule has 0 saturated carbocycles. The van der Waals surface area contributed by atoms with E-state index in [1.165, 1.54) is 12.1 Å². The normalized spacial score (nSPS) is 12.2. The molecule has 154 valence electrons. The van der Waals surface area contributed by atoms with E-state index >= 15 is 0 Å². The summed E-state index contributed by atoms with van der Waals surface area (Å²) in [5, 5.41) is 3.84. The third kappa shape index (κ3) is 3.84. The first-order valence-electron chi connectivity index (χ1n) is 9.70. The van der Waals surface area contributed by atoms with E-state index in [1.54, 1.807) is 24.5 Å². The van der Waals surface area contributed by atoms with Gasteiger partial charge in [-0.2, -0.15) is 0 Å². The molecule has 0 aliphatic heterocycles. The minimum Gasteiger partial charge on any atom is -0.451 e. The lowest BCUT2D eigenvalue weighted by atomic mass is 10.1. The summed E-state index contributed by atoms with van der Waals surface area (Å²) in [4.78, 5) is 17.7. The summed E-state index contributed by atoms with van der Waals surface area (Å²) in [5.41, 5.74) is 2.02. The van der Waals surface area contributed by atoms with Gasteiger partial charge in [-0.15, -0.1) is 0 Å². The summed E-state index contributed by atoms with van der Waals surface area (Å²) in [6.07, 6.45) is 3.44. The number of para-hydroxylation sites is 1. The molecule has 6 nitrogen and oxygen atoms in total. The molecule has 0 saturated heterocycles. The maximum Gasteiger partial charge on any atom is 0.288 e. The van der Waals surface area contributed by atoms with E-state index in [0.29, 0.717) is 29.1 Å². The lowest BCUT2D eigenvalue weighted by Crippen LogP contribution is -2.31. The number of ether oxygens (including phenoxy) is 1. The van der Waals surface area contributed by atoms with Gasteiger partial charge in [0.05, 0.1) is 6.61 Å². The van der Waals surface area contributed by atoms with Gasteiger partial charge in [0.2, 0.25) is 0 Å². The Morgan fingerprint density at radius 1 is 1.23 bits per heavy atom. The van der Waals surface area contributed by atoms with Crippen molar-refractivity contribution < 1.29 is 18.3 Å². The molecule has 1 atom stereocenters. The Bertz CT molecular complexity index is 1160. The molecule has 30 heavy (non-hydrogen) atoms. The van der Waals surface area contributed by atoms with Crippen LogP contribution in [0.25, 0.3) is 11.0 Å². The van der Waals surface area contributed by atoms with Crippen molar-refractivity contribution in [2.45, 2.75) is 19.6 Å². The number of rotatable bonds is 7. The van der Waals surface area contributed by atoms with Crippen LogP contribution in [0.2, 0.25) is 0 Å². The second kappa shape index (κ2) is 8.51. The number of carbonyl (C=O) groups is 1. The second-order valence-corrected chi connectivity index (χ2v) is 6.90. The molecule has 4 rings (SSSR count). The number of nitrogens with one attached hydrogen (secondary N) is 1. The highest BCUT2D eigenvalue weighted by atomic mass is 19.1. The predicted molar refractivity (Wildman–Crippen MR) is 110 cm³/mol. The number of halogens is 1. The SMILES string of the molecule is CCOCc1c(C(=O)N[C@@H](c2ccc(F)cc2)c2nccn2C)oc2ccccc12. The Morgan fingerprint density at radius 2 is 2.00 bits per heavy atom. The molecule has 0 aliphatic carbocycles. The summed E-state index contributed by atoms with van der Waals surface area (Å²) in [7, 11) is 1.84. The topological polar surface area (TPSA) is 69.3 Å². The molecule has 1 amide bonds. The van der Waals surface area contributed by atoms with E-state index in [2.05, 4.69) is 10.3 Å². The maximum atomic E-state index is 13.5. The number of aryl methyl sites for hydroxylation is 1. The Morgan fingerprint density at radius 3 is 2.70 bits per heavy atom. The van der Waals surface area contributed by atoms with Crippen LogP contribution in [0.1, 0.15) is 40.5 Å². The molecule has 0 bridgehead atoms. The molecular weight excluding hydrogens is 385 g/mol. The van der Waals surface area contributed by atoms with Crippen molar-refractivity contribution in [2.75, 3.05) is 6.61 Å². The summed E-state index contributed by atoms with van der Waals surface area (Å²) in [6, 6.07) is 12.9. The molecule has 2 heterocycles. The minimum atomic E-state index is -0.578. The van der Waals surface area contributed by atoms with Gasteiger partial charge >= 0.3 is 0 Å². The van der Waals surface area contributed by atoms with Crippen LogP contribution in [-0.4, -0.2) is 22.1 Å². The zero-order chi connectivity index (χ0) is 21.1. The Kier molecular flexibility index (Phi) is 5.63. The quantitative estimate of drug-likeness (QED) is 0.494. The van der Waals surface area contributed by atoms with Gasteiger partial charge < -0.3 is 19.0 Å². The fourth-order valence-electron chi connectivity index (χ4n) is 3.43. The second-order valence-electron chi connectivity index (χ2n) is 6.90. The highest BCUT2D eigenvalue weighted by Crippen LogP contribution is 2.28. The van der Waals surface area contributed by atoms with Crippen LogP contribution in [0.4, 0.5) is 4.39 Å². The molecule has 2 aromatic carbocycles. The van der Waals surface area contributed by atoms with Crippen molar-refractivity contribution in [1.82, 2.24) is 14.9 Å². The molecule has 0 aliphatic rings. The summed E-state index contributed by atoms with van der Waals surface area (Å²) in [6.45, 7) is 2.68. The van der Waals surface area contributed by atoms with Crippen molar-refractivity contribution >= 4 is 16.9 Å². The van der Waals surface area contributed by atoms with Gasteiger partial charge in [-0.05, 0) is 30.7 Å². The number of nitrogens with zero attached hydrogens (tertiary/aromatic N) is 2. The first-order chi connectivity index (χ1) is 14.6. The van der Waals surface area contributed by atoms with Crippen molar-refractivity contribution in [1.29, 1.82) is 0 Å². The van der Waals surface area contributed by atoms with E-state index in [1.807, 2.05) is 42.8 Å². The summed E-state index contributed by atoms with van der Waals surface area (Å²) < 4.78 is 26.7. The molecule has 1 N–H and O–H groups in total. The number of benzene rings is 2. The van der Waals surface area contributed by atoms with Crippen molar-refractivity contribution in [2.24, 2.45) is 7.05 Å². The molecule has 7 heteroatoms. The van der Waals surface area contributed by atoms with E-state index in [0.717, 1.165) is 5.39 Å². The van der Waals surface area contributed by atoms with Gasteiger partial charge in [-0.3, -0.25) is 4.79 Å². The molecule has 2 aromatic heterocycles. The zero-order valence-corrected chi connectivity index (χ0v) is 16.8. The molecule has 4 aromatic rings. The standard InChI is InChI=1S/C23H22FN3O3/c1-3-29-14-18-17-6-4-5-7-19(17)30-21(18)23(28)26-20(22-25-12-13-27(22)2)15-8-10-16(24)11-9-15/h4-13,20H,3,14H2,1-2H3,(H,26,28)/t20-/m0/s1. The summed E-state index contributed by atoms with van der Waals surface area (Å²) in [5.74, 6) is 0.0848. The lowest BCUT2D eigenvalue weighted by molar-refractivity contribution is 0.0902. The Balaban J connectivity index is 1.73. The number of carbonyl (C=O) groups excluding carboxylic acids is 1. The van der Waals surface area contributed by atoms with Crippen LogP contribution in [-0.2, 0) is 18.4 Å². The minimum absolute atomic E-state index is 0.200. The lowest BCUT2D eigenvalue weighted by Gasteiger charge is -2.19. The van der Waals surface area contributed by atoms with Crippen LogP contribution >= 0.6 is 0 Å². The van der Waals surface area contributed by atoms with E-state index in [4.69, 9.17) is 9.15 Å². The van der Waals surface area contributed by atoms with Gasteiger partial charge in [-0.1, -0.05) is 30.3 Å². The van der Waals surface area contributed by atoms with E-state index in [9.17, 15) is 9.18 Å². The number of imidazole rings is 1. The zero-order valence-electron chi connectivity index (χ0n) is 16.8. The number of fused-ring (bicyclic) bond motifs is 1. The van der Waals surface area contributed by atoms with Crippen LogP contribution < -0.4 is 5.32 Å². The van der Waals surface area contributed by atoms with Gasteiger partial charge in [-0.25, -0.2) is 9.37 Å². The van der Waals surface area contributed by atoms with Crippen LogP contribution in [0.3, 0.4) is 0 Å². The molecule has 0 unspecified atom stereocenters. The van der Waals surface area contributed by atoms with Gasteiger partial charge in [0.25, 0.3) is 5.91 Å². The highest BCUT2D eigenvalue weighted by molar-refractivity contribution is 5.99. The molecule has 0 fully saturated rings. The monoisotopic (exact) mass is 407 g/mol. The van der Waals surface area contributed by atoms with E-state index < -0.39 is 11.9 Å². The Labute approximate surface area is 173 Å². The van der Waals surface area contributed by atoms with Crippen LogP contribution in [0, 0.1) is 5.82 Å². The van der Waals surface area contributed by atoms with Gasteiger partial charge in [0.1, 0.15) is 23.3 Å². The van der Waals surface area contributed by atoms with Crippen molar-refractivity contribution in [3.63, 3.8) is 0 Å². The molecular formula is C23H22FN3O3. The smallest absolute Gasteiger partial charge is 0.288 e. The predicted octanol–water partition coefficient (Wildman–Crippen LogP) is 4.36. The van der Waals surface area contributed by atoms with Gasteiger partial charge in [0, 0.05) is 37.0 Å². The fraction of sp³-hybridized carbons (Fsp3) is 0.217. The first-order valence-corrected chi connectivity index (χ1v) is 9.70. The highest BCUT2D eigenvalue weighted by Gasteiger charge is 2.26. The third-order valence-electron chi connectivity index (χ3n) is 4.95. The average molecular weight is 407 g/mol. The van der Waals surface area contributed by atoms with Crippen molar-refractivity contribution in [3.8, 4) is 0 Å².